The third-order valence-corrected chi connectivity index (χ3v) is 7.56. The number of benzene rings is 1. The van der Waals surface area contributed by atoms with Gasteiger partial charge in [0.1, 0.15) is 11.3 Å². The summed E-state index contributed by atoms with van der Waals surface area (Å²) in [5, 5.41) is 7.34. The fraction of sp³-hybridized carbons (Fsp3) is 0.458. The second kappa shape index (κ2) is 7.11. The first-order valence-electron chi connectivity index (χ1n) is 11.1. The summed E-state index contributed by atoms with van der Waals surface area (Å²) in [4.78, 5) is 17.8. The average Bonchev–Trinajstić information content (AvgIpc) is 3.19. The van der Waals surface area contributed by atoms with Gasteiger partial charge in [-0.2, -0.15) is 5.10 Å². The molecular formula is C24H24F2N4O. The van der Waals surface area contributed by atoms with Crippen molar-refractivity contribution in [3.05, 3.63) is 53.9 Å². The van der Waals surface area contributed by atoms with E-state index < -0.39 is 6.43 Å². The Labute approximate surface area is 178 Å². The van der Waals surface area contributed by atoms with Crippen LogP contribution in [0.1, 0.15) is 54.6 Å². The predicted molar refractivity (Wildman–Crippen MR) is 112 cm³/mol. The van der Waals surface area contributed by atoms with E-state index in [-0.39, 0.29) is 28.9 Å². The van der Waals surface area contributed by atoms with Gasteiger partial charge in [0.15, 0.2) is 5.65 Å². The van der Waals surface area contributed by atoms with Crippen LogP contribution in [0, 0.1) is 23.7 Å². The van der Waals surface area contributed by atoms with Gasteiger partial charge in [-0.15, -0.1) is 0 Å². The van der Waals surface area contributed by atoms with Gasteiger partial charge in [-0.3, -0.25) is 4.79 Å². The molecule has 2 heterocycles. The van der Waals surface area contributed by atoms with E-state index in [0.29, 0.717) is 17.5 Å². The topological polar surface area (TPSA) is 59.3 Å². The Balaban J connectivity index is 1.36. The van der Waals surface area contributed by atoms with Crippen LogP contribution in [0.3, 0.4) is 0 Å². The minimum absolute atomic E-state index is 0.169. The lowest BCUT2D eigenvalue weighted by Gasteiger charge is -2.54. The van der Waals surface area contributed by atoms with Crippen LogP contribution >= 0.6 is 0 Å². The molecular weight excluding hydrogens is 398 g/mol. The van der Waals surface area contributed by atoms with Crippen LogP contribution in [0.15, 0.2) is 42.6 Å². The molecule has 0 spiro atoms. The molecule has 3 aromatic rings. The average molecular weight is 422 g/mol. The monoisotopic (exact) mass is 422 g/mol. The zero-order valence-electron chi connectivity index (χ0n) is 17.0. The van der Waals surface area contributed by atoms with Crippen LogP contribution in [0.25, 0.3) is 16.9 Å². The number of nitrogens with one attached hydrogen (secondary N) is 1. The van der Waals surface area contributed by atoms with Gasteiger partial charge in [-0.25, -0.2) is 18.3 Å². The van der Waals surface area contributed by atoms with Gasteiger partial charge in [-0.05, 0) is 61.8 Å². The third-order valence-electron chi connectivity index (χ3n) is 7.56. The van der Waals surface area contributed by atoms with Crippen molar-refractivity contribution in [2.24, 2.45) is 23.7 Å². The van der Waals surface area contributed by atoms with Gasteiger partial charge in [0.25, 0.3) is 12.3 Å². The van der Waals surface area contributed by atoms with Crippen molar-refractivity contribution in [3.8, 4) is 11.3 Å². The van der Waals surface area contributed by atoms with Gasteiger partial charge in [-0.1, -0.05) is 30.3 Å². The number of alkyl halides is 2. The molecule has 2 aromatic heterocycles. The molecule has 4 fully saturated rings. The molecule has 1 amide bonds. The lowest BCUT2D eigenvalue weighted by atomic mass is 9.54. The quantitative estimate of drug-likeness (QED) is 0.651. The summed E-state index contributed by atoms with van der Waals surface area (Å²) in [7, 11) is 0. The van der Waals surface area contributed by atoms with Crippen LogP contribution < -0.4 is 5.32 Å². The highest BCUT2D eigenvalue weighted by Crippen LogP contribution is 2.53. The molecule has 0 unspecified atom stereocenters. The summed E-state index contributed by atoms with van der Waals surface area (Å²) in [6, 6.07) is 10.7. The minimum Gasteiger partial charge on any atom is -0.349 e. The number of carbonyl (C=O) groups excluding carboxylic acids is 1. The molecule has 0 atom stereocenters. The lowest BCUT2D eigenvalue weighted by molar-refractivity contribution is -0.0119. The van der Waals surface area contributed by atoms with E-state index in [1.54, 1.807) is 0 Å². The Hall–Kier alpha value is -2.83. The van der Waals surface area contributed by atoms with Crippen LogP contribution in [-0.4, -0.2) is 26.5 Å². The molecule has 0 aliphatic heterocycles. The highest BCUT2D eigenvalue weighted by atomic mass is 19.3. The van der Waals surface area contributed by atoms with Crippen molar-refractivity contribution < 1.29 is 13.6 Å². The highest BCUT2D eigenvalue weighted by molar-refractivity contribution is 6.00. The fourth-order valence-corrected chi connectivity index (χ4v) is 6.45. The molecule has 4 bridgehead atoms. The van der Waals surface area contributed by atoms with Crippen molar-refractivity contribution in [2.45, 2.75) is 44.6 Å². The molecule has 1 N–H and O–H groups in total. The molecule has 7 heteroatoms. The van der Waals surface area contributed by atoms with Crippen LogP contribution in [0.5, 0.6) is 0 Å². The predicted octanol–water partition coefficient (Wildman–Crippen LogP) is 4.89. The number of aromatic nitrogens is 3. The molecule has 5 nitrogen and oxygen atoms in total. The maximum absolute atomic E-state index is 13.8. The maximum atomic E-state index is 13.8. The lowest BCUT2D eigenvalue weighted by Crippen LogP contribution is -2.55. The Morgan fingerprint density at radius 2 is 1.71 bits per heavy atom. The molecule has 4 aliphatic carbocycles. The number of rotatable bonds is 4. The van der Waals surface area contributed by atoms with Crippen LogP contribution in [0.2, 0.25) is 0 Å². The molecule has 4 saturated carbocycles. The van der Waals surface area contributed by atoms with Gasteiger partial charge in [0.05, 0.1) is 11.9 Å². The van der Waals surface area contributed by atoms with Gasteiger partial charge >= 0.3 is 0 Å². The first kappa shape index (κ1) is 18.9. The van der Waals surface area contributed by atoms with E-state index in [2.05, 4.69) is 15.4 Å². The van der Waals surface area contributed by atoms with E-state index in [4.69, 9.17) is 0 Å². The number of fused-ring (bicyclic) bond motifs is 1. The van der Waals surface area contributed by atoms with Crippen molar-refractivity contribution in [3.63, 3.8) is 0 Å². The Kier molecular flexibility index (Phi) is 4.33. The maximum Gasteiger partial charge on any atom is 0.280 e. The van der Waals surface area contributed by atoms with E-state index in [1.165, 1.54) is 44.4 Å². The van der Waals surface area contributed by atoms with Gasteiger partial charge in [0, 0.05) is 11.6 Å². The first-order chi connectivity index (χ1) is 15.1. The van der Waals surface area contributed by atoms with Crippen molar-refractivity contribution in [1.29, 1.82) is 0 Å². The molecule has 1 aromatic carbocycles. The van der Waals surface area contributed by atoms with Gasteiger partial charge < -0.3 is 5.32 Å². The summed E-state index contributed by atoms with van der Waals surface area (Å²) >= 11 is 0. The Morgan fingerprint density at radius 1 is 1.03 bits per heavy atom. The number of hydrogen-bond acceptors (Lipinski definition) is 3. The standard InChI is InChI=1S/C24H24F2N4O/c25-22(26)20-11-19(15-4-2-1-3-5-15)28-23-18(12-27-30(20)23)24(31)29-21-16-7-13-6-14(9-16)10-17(21)8-13/h1-5,11-14,16-17,21-22H,6-10H2,(H,29,31). The molecule has 0 radical (unpaired) electrons. The van der Waals surface area contributed by atoms with Crippen molar-refractivity contribution in [1.82, 2.24) is 19.9 Å². The third kappa shape index (κ3) is 3.13. The summed E-state index contributed by atoms with van der Waals surface area (Å²) in [6.07, 6.45) is 4.76. The van der Waals surface area contributed by atoms with Crippen LogP contribution in [0.4, 0.5) is 8.78 Å². The van der Waals surface area contributed by atoms with Gasteiger partial charge in [0.2, 0.25) is 0 Å². The second-order valence-corrected chi connectivity index (χ2v) is 9.46. The van der Waals surface area contributed by atoms with Crippen molar-refractivity contribution in [2.75, 3.05) is 0 Å². The summed E-state index contributed by atoms with van der Waals surface area (Å²) in [5.74, 6) is 2.44. The first-order valence-corrected chi connectivity index (χ1v) is 11.1. The zero-order chi connectivity index (χ0) is 21.1. The summed E-state index contributed by atoms with van der Waals surface area (Å²) in [6.45, 7) is 0. The zero-order valence-corrected chi connectivity index (χ0v) is 17.0. The Morgan fingerprint density at radius 3 is 2.35 bits per heavy atom. The number of carbonyl (C=O) groups is 1. The number of halogens is 2. The van der Waals surface area contributed by atoms with E-state index in [1.807, 2.05) is 30.3 Å². The second-order valence-electron chi connectivity index (χ2n) is 9.46. The smallest absolute Gasteiger partial charge is 0.280 e. The molecule has 4 aliphatic rings. The van der Waals surface area contributed by atoms with E-state index >= 15 is 0 Å². The van der Waals surface area contributed by atoms with E-state index in [0.717, 1.165) is 21.9 Å². The molecule has 31 heavy (non-hydrogen) atoms. The number of amides is 1. The van der Waals surface area contributed by atoms with Crippen molar-refractivity contribution >= 4 is 11.6 Å². The minimum atomic E-state index is -2.73. The SMILES string of the molecule is O=C(NC1C2CC3CC(C2)CC1C3)c1cnn2c(C(F)F)cc(-c3ccccc3)nc12. The largest absolute Gasteiger partial charge is 0.349 e. The molecule has 160 valence electrons. The molecule has 0 saturated heterocycles. The van der Waals surface area contributed by atoms with E-state index in [9.17, 15) is 13.6 Å². The normalized spacial score (nSPS) is 29.1. The summed E-state index contributed by atoms with van der Waals surface area (Å²) < 4.78 is 28.7. The molecule has 7 rings (SSSR count). The number of hydrogen-bond donors (Lipinski definition) is 1. The van der Waals surface area contributed by atoms with Crippen LogP contribution in [-0.2, 0) is 0 Å². The highest BCUT2D eigenvalue weighted by Gasteiger charge is 2.48. The summed E-state index contributed by atoms with van der Waals surface area (Å²) in [5.41, 5.74) is 1.30. The Bertz CT molecular complexity index is 1120. The fourth-order valence-electron chi connectivity index (χ4n) is 6.45. The number of nitrogens with zero attached hydrogens (tertiary/aromatic N) is 3.